The highest BCUT2D eigenvalue weighted by Crippen LogP contribution is 2.33. The summed E-state index contributed by atoms with van der Waals surface area (Å²) in [4.78, 5) is 30.6. The Hall–Kier alpha value is -5.03. The van der Waals surface area contributed by atoms with Gasteiger partial charge in [-0.2, -0.15) is 0 Å². The van der Waals surface area contributed by atoms with Crippen LogP contribution in [-0.4, -0.2) is 64.6 Å². The van der Waals surface area contributed by atoms with Gasteiger partial charge in [-0.05, 0) is 79.8 Å². The summed E-state index contributed by atoms with van der Waals surface area (Å²) < 4.78 is 46.6. The Morgan fingerprint density at radius 1 is 0.863 bits per heavy atom. The Morgan fingerprint density at radius 3 is 2.18 bits per heavy atom. The molecule has 0 saturated heterocycles. The third kappa shape index (κ3) is 9.21. The number of carbonyl (C=O) groups is 2. The van der Waals surface area contributed by atoms with Gasteiger partial charge in [0, 0.05) is 25.1 Å². The number of carbonyl (C=O) groups excluding carboxylic acids is 2. The zero-order valence-electron chi connectivity index (χ0n) is 29.7. The van der Waals surface area contributed by atoms with Crippen LogP contribution in [0.1, 0.15) is 49.3 Å². The summed E-state index contributed by atoms with van der Waals surface area (Å²) in [6.07, 6.45) is 4.08. The van der Waals surface area contributed by atoms with Gasteiger partial charge in [-0.25, -0.2) is 8.42 Å². The number of hydrogen-bond acceptors (Lipinski definition) is 7. The van der Waals surface area contributed by atoms with E-state index in [0.29, 0.717) is 18.1 Å². The van der Waals surface area contributed by atoms with Crippen molar-refractivity contribution in [1.82, 2.24) is 10.2 Å². The van der Waals surface area contributed by atoms with Crippen LogP contribution in [0.25, 0.3) is 0 Å². The Morgan fingerprint density at radius 2 is 1.53 bits per heavy atom. The topological polar surface area (TPSA) is 114 Å². The monoisotopic (exact) mass is 713 g/mol. The van der Waals surface area contributed by atoms with E-state index in [4.69, 9.17) is 14.2 Å². The molecule has 1 aliphatic carbocycles. The van der Waals surface area contributed by atoms with E-state index in [-0.39, 0.29) is 41.2 Å². The van der Waals surface area contributed by atoms with Crippen LogP contribution >= 0.6 is 0 Å². The summed E-state index contributed by atoms with van der Waals surface area (Å²) in [5, 5.41) is 3.21. The molecule has 4 aromatic carbocycles. The molecule has 2 amide bonds. The first-order chi connectivity index (χ1) is 24.6. The van der Waals surface area contributed by atoms with Gasteiger partial charge in [0.25, 0.3) is 10.0 Å². The van der Waals surface area contributed by atoms with Gasteiger partial charge in [0.05, 0.1) is 31.4 Å². The van der Waals surface area contributed by atoms with Crippen molar-refractivity contribution in [2.75, 3.05) is 31.7 Å². The maximum absolute atomic E-state index is 14.9. The number of amides is 2. The van der Waals surface area contributed by atoms with Crippen molar-refractivity contribution in [3.05, 3.63) is 114 Å². The first-order valence-electron chi connectivity index (χ1n) is 17.3. The van der Waals surface area contributed by atoms with Crippen molar-refractivity contribution >= 4 is 27.5 Å². The highest BCUT2D eigenvalue weighted by molar-refractivity contribution is 7.92. The van der Waals surface area contributed by atoms with E-state index in [1.165, 1.54) is 37.3 Å². The number of rotatable bonds is 16. The molecule has 1 N–H and O–H groups in total. The maximum atomic E-state index is 14.9. The first-order valence-corrected chi connectivity index (χ1v) is 18.7. The van der Waals surface area contributed by atoms with Crippen molar-refractivity contribution in [2.45, 2.75) is 69.5 Å². The van der Waals surface area contributed by atoms with Crippen molar-refractivity contribution < 1.29 is 32.2 Å². The molecule has 1 saturated carbocycles. The number of hydrogen-bond donors (Lipinski definition) is 1. The van der Waals surface area contributed by atoms with Gasteiger partial charge in [-0.3, -0.25) is 13.9 Å². The number of benzene rings is 4. The summed E-state index contributed by atoms with van der Waals surface area (Å²) in [7, 11) is -1.47. The van der Waals surface area contributed by atoms with Gasteiger partial charge in [-0.15, -0.1) is 0 Å². The Kier molecular flexibility index (Phi) is 12.6. The highest BCUT2D eigenvalue weighted by atomic mass is 32.2. The smallest absolute Gasteiger partial charge is 0.264 e. The van der Waals surface area contributed by atoms with Crippen LogP contribution in [0.2, 0.25) is 0 Å². The zero-order valence-corrected chi connectivity index (χ0v) is 30.5. The number of anilines is 1. The molecule has 10 nitrogen and oxygen atoms in total. The lowest BCUT2D eigenvalue weighted by Gasteiger charge is -2.34. The van der Waals surface area contributed by atoms with Gasteiger partial charge >= 0.3 is 0 Å². The minimum absolute atomic E-state index is 0.0250. The molecule has 0 spiro atoms. The van der Waals surface area contributed by atoms with E-state index >= 15 is 0 Å². The molecule has 0 bridgehead atoms. The van der Waals surface area contributed by atoms with E-state index in [0.717, 1.165) is 46.7 Å². The molecule has 0 radical (unpaired) electrons. The lowest BCUT2D eigenvalue weighted by Crippen LogP contribution is -2.54. The van der Waals surface area contributed by atoms with Crippen molar-refractivity contribution in [1.29, 1.82) is 0 Å². The van der Waals surface area contributed by atoms with Crippen LogP contribution < -0.4 is 23.8 Å². The minimum atomic E-state index is -4.36. The van der Waals surface area contributed by atoms with Crippen molar-refractivity contribution in [2.24, 2.45) is 0 Å². The van der Waals surface area contributed by atoms with Crippen LogP contribution in [0, 0.1) is 6.92 Å². The fraction of sp³-hybridized carbons (Fsp3) is 0.350. The summed E-state index contributed by atoms with van der Waals surface area (Å²) >= 11 is 0. The number of nitrogens with one attached hydrogen (secondary N) is 1. The molecule has 0 aromatic heterocycles. The van der Waals surface area contributed by atoms with Gasteiger partial charge in [-0.1, -0.05) is 67.4 Å². The maximum Gasteiger partial charge on any atom is 0.264 e. The average Bonchev–Trinajstić information content (AvgIpc) is 3.66. The number of aryl methyl sites for hydroxylation is 1. The van der Waals surface area contributed by atoms with Crippen molar-refractivity contribution in [3.8, 4) is 17.2 Å². The molecule has 270 valence electrons. The Balaban J connectivity index is 1.59. The Labute approximate surface area is 301 Å². The highest BCUT2D eigenvalue weighted by Gasteiger charge is 2.36. The molecular formula is C40H47N3O7S. The molecule has 1 aliphatic rings. The van der Waals surface area contributed by atoms with E-state index in [2.05, 4.69) is 5.32 Å². The molecule has 1 fully saturated rings. The predicted octanol–water partition coefficient (Wildman–Crippen LogP) is 6.31. The minimum Gasteiger partial charge on any atom is -0.494 e. The van der Waals surface area contributed by atoms with Crippen LogP contribution in [0.15, 0.2) is 102 Å². The lowest BCUT2D eigenvalue weighted by molar-refractivity contribution is -0.140. The SMILES string of the molecule is CCOc1ccc(N(CC(=O)N(Cc2ccccc2C)[C@H](Cc2ccccc2)C(=O)NC2CCCC2)S(=O)(=O)c2ccc(OC)c(OC)c2)cc1. The van der Waals surface area contributed by atoms with Gasteiger partial charge in [0.1, 0.15) is 18.3 Å². The van der Waals surface area contributed by atoms with Crippen LogP contribution in [-0.2, 0) is 32.6 Å². The number of methoxy groups -OCH3 is 2. The third-order valence-corrected chi connectivity index (χ3v) is 11.0. The summed E-state index contributed by atoms with van der Waals surface area (Å²) in [6.45, 7) is 3.78. The predicted molar refractivity (Wildman–Crippen MR) is 198 cm³/mol. The average molecular weight is 714 g/mol. The largest absolute Gasteiger partial charge is 0.494 e. The van der Waals surface area contributed by atoms with Gasteiger partial charge < -0.3 is 24.4 Å². The molecule has 1 atom stereocenters. The van der Waals surface area contributed by atoms with E-state index in [1.807, 2.05) is 68.4 Å². The quantitative estimate of drug-likeness (QED) is 0.145. The molecule has 51 heavy (non-hydrogen) atoms. The fourth-order valence-corrected chi connectivity index (χ4v) is 7.83. The Bertz CT molecular complexity index is 1880. The van der Waals surface area contributed by atoms with Gasteiger partial charge in [0.2, 0.25) is 11.8 Å². The second-order valence-electron chi connectivity index (χ2n) is 12.6. The molecule has 0 unspecified atom stereocenters. The molecule has 11 heteroatoms. The van der Waals surface area contributed by atoms with E-state index in [9.17, 15) is 18.0 Å². The summed E-state index contributed by atoms with van der Waals surface area (Å²) in [5.41, 5.74) is 2.94. The molecule has 5 rings (SSSR count). The second kappa shape index (κ2) is 17.3. The van der Waals surface area contributed by atoms with E-state index in [1.54, 1.807) is 24.3 Å². The second-order valence-corrected chi connectivity index (χ2v) is 14.5. The first kappa shape index (κ1) is 37.2. The van der Waals surface area contributed by atoms with Crippen LogP contribution in [0.5, 0.6) is 17.2 Å². The molecule has 0 heterocycles. The van der Waals surface area contributed by atoms with Gasteiger partial charge in [0.15, 0.2) is 11.5 Å². The zero-order chi connectivity index (χ0) is 36.4. The molecule has 0 aliphatic heterocycles. The standard InChI is InChI=1S/C40H47N3O7S/c1-5-50-34-21-19-33(20-22-34)43(51(46,47)35-23-24-37(48-3)38(26-35)49-4)28-39(44)42(27-31-16-10-9-13-29(31)2)36(25-30-14-7-6-8-15-30)40(45)41-32-17-11-12-18-32/h6-10,13-16,19-24,26,32,36H,5,11-12,17-18,25,27-28H2,1-4H3,(H,41,45)/t36-/m1/s1. The number of sulfonamides is 1. The lowest BCUT2D eigenvalue weighted by atomic mass is 10.0. The van der Waals surface area contributed by atoms with E-state index < -0.39 is 28.5 Å². The van der Waals surface area contributed by atoms with Crippen molar-refractivity contribution in [3.63, 3.8) is 0 Å². The number of nitrogens with zero attached hydrogens (tertiary/aromatic N) is 2. The number of ether oxygens (including phenoxy) is 3. The van der Waals surface area contributed by atoms with Crippen LogP contribution in [0.3, 0.4) is 0 Å². The molecule has 4 aromatic rings. The normalized spacial score (nSPS) is 13.6. The fourth-order valence-electron chi connectivity index (χ4n) is 6.40. The summed E-state index contributed by atoms with van der Waals surface area (Å²) in [6, 6.07) is 27.2. The van der Waals surface area contributed by atoms with Crippen LogP contribution in [0.4, 0.5) is 5.69 Å². The summed E-state index contributed by atoms with van der Waals surface area (Å²) in [5.74, 6) is 0.358. The third-order valence-electron chi connectivity index (χ3n) is 9.23. The molecular weight excluding hydrogens is 667 g/mol.